The van der Waals surface area contributed by atoms with E-state index in [1.807, 2.05) is 4.98 Å². The highest BCUT2D eigenvalue weighted by Gasteiger charge is 2.35. The highest BCUT2D eigenvalue weighted by Crippen LogP contribution is 2.28. The molecule has 0 spiro atoms. The van der Waals surface area contributed by atoms with Crippen molar-refractivity contribution in [1.82, 2.24) is 4.98 Å². The van der Waals surface area contributed by atoms with Gasteiger partial charge in [0, 0.05) is 6.20 Å². The van der Waals surface area contributed by atoms with Gasteiger partial charge in [0.15, 0.2) is 0 Å². The second kappa shape index (κ2) is 6.06. The van der Waals surface area contributed by atoms with Crippen LogP contribution >= 0.6 is 0 Å². The van der Waals surface area contributed by atoms with Crippen molar-refractivity contribution in [2.24, 2.45) is 0 Å². The van der Waals surface area contributed by atoms with Gasteiger partial charge in [-0.2, -0.15) is 13.2 Å². The van der Waals surface area contributed by atoms with Crippen LogP contribution in [0.2, 0.25) is 0 Å². The smallest absolute Gasteiger partial charge is 0.421 e. The molecular formula is C11H12F3NO5. The second-order valence-electron chi connectivity index (χ2n) is 3.97. The average Bonchev–Trinajstić information content (AvgIpc) is 2.36. The molecule has 0 bridgehead atoms. The summed E-state index contributed by atoms with van der Waals surface area (Å²) >= 11 is 0. The summed E-state index contributed by atoms with van der Waals surface area (Å²) in [4.78, 5) is 23.8. The number of hydrogen-bond acceptors (Lipinski definition) is 5. The minimum atomic E-state index is -4.89. The molecule has 0 fully saturated rings. The molecule has 0 aliphatic rings. The molecule has 0 radical (unpaired) electrons. The highest BCUT2D eigenvalue weighted by molar-refractivity contribution is 5.69. The Bertz CT molecular complexity index is 540. The zero-order valence-corrected chi connectivity index (χ0v) is 10.3. The Morgan fingerprint density at radius 2 is 2.05 bits per heavy atom. The lowest BCUT2D eigenvalue weighted by atomic mass is 10.0. The molecule has 0 saturated carbocycles. The number of nitrogens with one attached hydrogen (secondary N) is 1. The minimum Gasteiger partial charge on any atom is -0.469 e. The topological polar surface area (TPSA) is 99.6 Å². The van der Waals surface area contributed by atoms with E-state index in [2.05, 4.69) is 4.74 Å². The van der Waals surface area contributed by atoms with E-state index < -0.39 is 41.9 Å². The molecule has 9 heteroatoms. The molecule has 20 heavy (non-hydrogen) atoms. The number of carbonyl (C=O) groups is 1. The third-order valence-electron chi connectivity index (χ3n) is 2.54. The van der Waals surface area contributed by atoms with E-state index in [-0.39, 0.29) is 5.56 Å². The van der Waals surface area contributed by atoms with Crippen molar-refractivity contribution in [2.45, 2.75) is 24.8 Å². The predicted octanol–water partition coefficient (Wildman–Crippen LogP) is 0.351. The zero-order valence-electron chi connectivity index (χ0n) is 10.3. The first-order valence-electron chi connectivity index (χ1n) is 5.39. The summed E-state index contributed by atoms with van der Waals surface area (Å²) in [5.74, 6) is -0.836. The molecule has 0 aliphatic carbocycles. The molecule has 6 nitrogen and oxygen atoms in total. The molecule has 1 rings (SSSR count). The van der Waals surface area contributed by atoms with Gasteiger partial charge in [0.25, 0.3) is 5.56 Å². The van der Waals surface area contributed by atoms with Crippen LogP contribution in [-0.2, 0) is 15.7 Å². The van der Waals surface area contributed by atoms with Gasteiger partial charge in [-0.25, -0.2) is 0 Å². The van der Waals surface area contributed by atoms with Crippen molar-refractivity contribution in [3.05, 3.63) is 33.7 Å². The maximum atomic E-state index is 12.5. The number of aliphatic hydroxyl groups is 2. The van der Waals surface area contributed by atoms with Crippen LogP contribution in [0.25, 0.3) is 0 Å². The molecule has 2 unspecified atom stereocenters. The Morgan fingerprint density at radius 1 is 1.45 bits per heavy atom. The lowest BCUT2D eigenvalue weighted by molar-refractivity contribution is -0.145. The molecule has 0 aliphatic heterocycles. The van der Waals surface area contributed by atoms with E-state index in [0.29, 0.717) is 6.07 Å². The number of methoxy groups -OCH3 is 1. The van der Waals surface area contributed by atoms with Crippen LogP contribution in [0.1, 0.15) is 23.7 Å². The maximum Gasteiger partial charge on any atom is 0.421 e. The van der Waals surface area contributed by atoms with Crippen molar-refractivity contribution in [3.63, 3.8) is 0 Å². The number of ether oxygens (including phenoxy) is 1. The van der Waals surface area contributed by atoms with Gasteiger partial charge in [-0.15, -0.1) is 0 Å². The summed E-state index contributed by atoms with van der Waals surface area (Å²) in [5.41, 5.74) is -3.23. The molecule has 112 valence electrons. The molecule has 1 heterocycles. The number of carbonyl (C=O) groups excluding carboxylic acids is 1. The van der Waals surface area contributed by atoms with Gasteiger partial charge in [-0.05, 0) is 11.6 Å². The number of aliphatic hydroxyl groups excluding tert-OH is 2. The Kier molecular flexibility index (Phi) is 4.90. The third kappa shape index (κ3) is 3.81. The Labute approximate surface area is 110 Å². The number of hydrogen-bond donors (Lipinski definition) is 3. The number of alkyl halides is 3. The number of aromatic nitrogens is 1. The van der Waals surface area contributed by atoms with Crippen LogP contribution in [-0.4, -0.2) is 34.4 Å². The van der Waals surface area contributed by atoms with Gasteiger partial charge in [-0.3, -0.25) is 9.59 Å². The van der Waals surface area contributed by atoms with E-state index in [9.17, 15) is 33.0 Å². The number of H-pyrrole nitrogens is 1. The van der Waals surface area contributed by atoms with Crippen molar-refractivity contribution in [3.8, 4) is 0 Å². The monoisotopic (exact) mass is 295 g/mol. The lowest BCUT2D eigenvalue weighted by Crippen LogP contribution is -2.26. The minimum absolute atomic E-state index is 0.367. The van der Waals surface area contributed by atoms with Crippen LogP contribution in [0.4, 0.5) is 13.2 Å². The van der Waals surface area contributed by atoms with Crippen molar-refractivity contribution >= 4 is 5.97 Å². The number of rotatable bonds is 4. The first-order chi connectivity index (χ1) is 9.16. The van der Waals surface area contributed by atoms with Gasteiger partial charge in [0.05, 0.1) is 19.6 Å². The van der Waals surface area contributed by atoms with Gasteiger partial charge >= 0.3 is 12.1 Å². The van der Waals surface area contributed by atoms with Crippen molar-refractivity contribution < 1.29 is 32.9 Å². The highest BCUT2D eigenvalue weighted by atomic mass is 19.4. The van der Waals surface area contributed by atoms with Crippen LogP contribution in [0, 0.1) is 0 Å². The van der Waals surface area contributed by atoms with Gasteiger partial charge in [-0.1, -0.05) is 0 Å². The molecule has 0 saturated heterocycles. The fraction of sp³-hybridized carbons (Fsp3) is 0.455. The summed E-state index contributed by atoms with van der Waals surface area (Å²) in [6.07, 6.45) is -8.08. The summed E-state index contributed by atoms with van der Waals surface area (Å²) in [6, 6.07) is 0.421. The number of esters is 1. The second-order valence-corrected chi connectivity index (χ2v) is 3.97. The Balaban J connectivity index is 3.03. The third-order valence-corrected chi connectivity index (χ3v) is 2.54. The molecule has 1 aromatic rings. The van der Waals surface area contributed by atoms with Crippen molar-refractivity contribution in [1.29, 1.82) is 0 Å². The Morgan fingerprint density at radius 3 is 2.55 bits per heavy atom. The van der Waals surface area contributed by atoms with E-state index in [4.69, 9.17) is 0 Å². The predicted molar refractivity (Wildman–Crippen MR) is 59.7 cm³/mol. The summed E-state index contributed by atoms with van der Waals surface area (Å²) in [5, 5.41) is 19.2. The van der Waals surface area contributed by atoms with Gasteiger partial charge in [0.2, 0.25) is 0 Å². The largest absolute Gasteiger partial charge is 0.469 e. The van der Waals surface area contributed by atoms with E-state index in [0.717, 1.165) is 13.3 Å². The molecule has 1 aromatic heterocycles. The summed E-state index contributed by atoms with van der Waals surface area (Å²) < 4.78 is 41.8. The van der Waals surface area contributed by atoms with E-state index in [1.54, 1.807) is 0 Å². The lowest BCUT2D eigenvalue weighted by Gasteiger charge is -2.17. The number of pyridine rings is 1. The van der Waals surface area contributed by atoms with Crippen LogP contribution in [0.15, 0.2) is 17.1 Å². The van der Waals surface area contributed by atoms with E-state index in [1.165, 1.54) is 0 Å². The number of halogens is 3. The van der Waals surface area contributed by atoms with Crippen LogP contribution < -0.4 is 5.56 Å². The first-order valence-corrected chi connectivity index (χ1v) is 5.39. The summed E-state index contributed by atoms with van der Waals surface area (Å²) in [6.45, 7) is 0. The SMILES string of the molecule is COC(=O)CC(O)C(O)c1c[nH]c(=O)c(C(F)(F)F)c1. The Hall–Kier alpha value is -1.87. The molecule has 0 amide bonds. The first kappa shape index (κ1) is 16.2. The quantitative estimate of drug-likeness (QED) is 0.696. The van der Waals surface area contributed by atoms with Crippen molar-refractivity contribution in [2.75, 3.05) is 7.11 Å². The summed E-state index contributed by atoms with van der Waals surface area (Å²) in [7, 11) is 1.06. The van der Waals surface area contributed by atoms with Crippen LogP contribution in [0.3, 0.4) is 0 Å². The van der Waals surface area contributed by atoms with Gasteiger partial charge < -0.3 is 19.9 Å². The fourth-order valence-electron chi connectivity index (χ4n) is 1.47. The zero-order chi connectivity index (χ0) is 15.5. The standard InChI is InChI=1S/C11H12F3NO5/c1-20-8(17)3-7(16)9(18)5-2-6(11(12,13)14)10(19)15-4-5/h2,4,7,9,16,18H,3H2,1H3,(H,15,19). The van der Waals surface area contributed by atoms with Gasteiger partial charge in [0.1, 0.15) is 11.7 Å². The number of aromatic amines is 1. The molecule has 0 aromatic carbocycles. The van der Waals surface area contributed by atoms with Crippen LogP contribution in [0.5, 0.6) is 0 Å². The molecule has 2 atom stereocenters. The normalized spacial score (nSPS) is 14.7. The average molecular weight is 295 g/mol. The molecular weight excluding hydrogens is 283 g/mol. The molecule has 3 N–H and O–H groups in total. The van der Waals surface area contributed by atoms with E-state index >= 15 is 0 Å². The maximum absolute atomic E-state index is 12.5. The fourth-order valence-corrected chi connectivity index (χ4v) is 1.47.